The first-order valence-corrected chi connectivity index (χ1v) is 5.78. The molecule has 0 saturated carbocycles. The van der Waals surface area contributed by atoms with Crippen molar-refractivity contribution >= 4 is 0 Å². The predicted octanol–water partition coefficient (Wildman–Crippen LogP) is 1.66. The van der Waals surface area contributed by atoms with Crippen LogP contribution in [-0.4, -0.2) is 20.6 Å². The van der Waals surface area contributed by atoms with E-state index in [4.69, 9.17) is 0 Å². The van der Waals surface area contributed by atoms with E-state index in [1.165, 1.54) is 24.8 Å². The molecule has 0 radical (unpaired) electrons. The molecule has 82 valence electrons. The van der Waals surface area contributed by atoms with Crippen LogP contribution in [0.3, 0.4) is 0 Å². The minimum atomic E-state index is 0.431. The second-order valence-corrected chi connectivity index (χ2v) is 4.28. The van der Waals surface area contributed by atoms with Crippen LogP contribution < -0.4 is 10.6 Å². The van der Waals surface area contributed by atoms with Gasteiger partial charge >= 0.3 is 0 Å². The molecule has 1 aromatic carbocycles. The van der Waals surface area contributed by atoms with E-state index in [0.717, 1.165) is 6.54 Å². The van der Waals surface area contributed by atoms with Crippen LogP contribution in [0.25, 0.3) is 0 Å². The van der Waals surface area contributed by atoms with Gasteiger partial charge in [-0.05, 0) is 50.0 Å². The fourth-order valence-corrected chi connectivity index (χ4v) is 2.40. The smallest absolute Gasteiger partial charge is 0.0444 e. The van der Waals surface area contributed by atoms with Crippen molar-refractivity contribution in [2.45, 2.75) is 25.3 Å². The van der Waals surface area contributed by atoms with Crippen molar-refractivity contribution in [1.82, 2.24) is 10.6 Å². The van der Waals surface area contributed by atoms with Crippen molar-refractivity contribution in [1.29, 1.82) is 0 Å². The van der Waals surface area contributed by atoms with E-state index in [9.17, 15) is 0 Å². The lowest BCUT2D eigenvalue weighted by atomic mass is 10.0. The molecule has 1 aromatic rings. The average Bonchev–Trinajstić information content (AvgIpc) is 2.72. The van der Waals surface area contributed by atoms with Crippen molar-refractivity contribution in [3.8, 4) is 0 Å². The third-order valence-electron chi connectivity index (χ3n) is 3.28. The molecule has 2 heteroatoms. The molecule has 0 heterocycles. The summed E-state index contributed by atoms with van der Waals surface area (Å²) in [6, 6.07) is 7.38. The summed E-state index contributed by atoms with van der Waals surface area (Å²) in [6.45, 7) is 0.981. The molecule has 1 unspecified atom stereocenters. The van der Waals surface area contributed by atoms with Gasteiger partial charge in [0.15, 0.2) is 0 Å². The summed E-state index contributed by atoms with van der Waals surface area (Å²) < 4.78 is 0. The summed E-state index contributed by atoms with van der Waals surface area (Å²) in [6.07, 6.45) is 3.86. The third kappa shape index (κ3) is 2.21. The summed E-state index contributed by atoms with van der Waals surface area (Å²) in [4.78, 5) is 0. The van der Waals surface area contributed by atoms with Gasteiger partial charge in [0.25, 0.3) is 0 Å². The van der Waals surface area contributed by atoms with Crippen LogP contribution in [0.2, 0.25) is 0 Å². The highest BCUT2D eigenvalue weighted by molar-refractivity contribution is 5.36. The molecule has 0 saturated heterocycles. The van der Waals surface area contributed by atoms with E-state index in [0.29, 0.717) is 6.04 Å². The summed E-state index contributed by atoms with van der Waals surface area (Å²) in [5, 5.41) is 6.57. The standard InChI is InChI=1S/C13H20N2/c1-14-9-13(15-2)12-7-6-10-4-3-5-11(10)8-12/h6-8,13-15H,3-5,9H2,1-2H3. The Labute approximate surface area is 92.1 Å². The summed E-state index contributed by atoms with van der Waals surface area (Å²) in [7, 11) is 4.02. The minimum Gasteiger partial charge on any atom is -0.318 e. The molecule has 0 fully saturated rings. The lowest BCUT2D eigenvalue weighted by molar-refractivity contribution is 0.558. The lowest BCUT2D eigenvalue weighted by Gasteiger charge is -2.17. The number of hydrogen-bond donors (Lipinski definition) is 2. The summed E-state index contributed by atoms with van der Waals surface area (Å²) in [5.41, 5.74) is 4.52. The monoisotopic (exact) mass is 204 g/mol. The van der Waals surface area contributed by atoms with Crippen LogP contribution in [0.15, 0.2) is 18.2 Å². The van der Waals surface area contributed by atoms with Gasteiger partial charge in [0, 0.05) is 12.6 Å². The van der Waals surface area contributed by atoms with Gasteiger partial charge < -0.3 is 10.6 Å². The molecule has 0 aliphatic heterocycles. The Balaban J connectivity index is 2.20. The van der Waals surface area contributed by atoms with E-state index < -0.39 is 0 Å². The van der Waals surface area contributed by atoms with Gasteiger partial charge in [-0.15, -0.1) is 0 Å². The number of benzene rings is 1. The minimum absolute atomic E-state index is 0.431. The molecular weight excluding hydrogens is 184 g/mol. The first-order chi connectivity index (χ1) is 7.35. The zero-order chi connectivity index (χ0) is 10.7. The summed E-state index contributed by atoms with van der Waals surface area (Å²) >= 11 is 0. The molecule has 0 spiro atoms. The molecule has 2 N–H and O–H groups in total. The molecule has 2 nitrogen and oxygen atoms in total. The predicted molar refractivity (Wildman–Crippen MR) is 64.2 cm³/mol. The van der Waals surface area contributed by atoms with Crippen LogP contribution in [0.5, 0.6) is 0 Å². The Morgan fingerprint density at radius 1 is 1.20 bits per heavy atom. The number of aryl methyl sites for hydroxylation is 2. The second-order valence-electron chi connectivity index (χ2n) is 4.28. The normalized spacial score (nSPS) is 16.4. The van der Waals surface area contributed by atoms with E-state index in [1.54, 1.807) is 11.1 Å². The lowest BCUT2D eigenvalue weighted by Crippen LogP contribution is -2.27. The number of likely N-dealkylation sites (N-methyl/N-ethyl adjacent to an activating group) is 2. The topological polar surface area (TPSA) is 24.1 Å². The van der Waals surface area contributed by atoms with E-state index in [2.05, 4.69) is 28.8 Å². The van der Waals surface area contributed by atoms with Crippen LogP contribution in [0.4, 0.5) is 0 Å². The maximum atomic E-state index is 3.35. The van der Waals surface area contributed by atoms with Crippen LogP contribution in [0, 0.1) is 0 Å². The van der Waals surface area contributed by atoms with Gasteiger partial charge in [-0.25, -0.2) is 0 Å². The molecular formula is C13H20N2. The molecule has 2 rings (SSSR count). The molecule has 15 heavy (non-hydrogen) atoms. The number of rotatable bonds is 4. The van der Waals surface area contributed by atoms with Crippen LogP contribution in [-0.2, 0) is 12.8 Å². The Hall–Kier alpha value is -0.860. The van der Waals surface area contributed by atoms with Crippen molar-refractivity contribution in [3.05, 3.63) is 34.9 Å². The fraction of sp³-hybridized carbons (Fsp3) is 0.538. The number of hydrogen-bond acceptors (Lipinski definition) is 2. The first-order valence-electron chi connectivity index (χ1n) is 5.78. The van der Waals surface area contributed by atoms with Gasteiger partial charge in [-0.3, -0.25) is 0 Å². The maximum absolute atomic E-state index is 3.35. The van der Waals surface area contributed by atoms with Crippen molar-refractivity contribution in [2.75, 3.05) is 20.6 Å². The van der Waals surface area contributed by atoms with Crippen molar-refractivity contribution in [2.24, 2.45) is 0 Å². The van der Waals surface area contributed by atoms with E-state index in [1.807, 2.05) is 14.1 Å². The zero-order valence-electron chi connectivity index (χ0n) is 9.64. The van der Waals surface area contributed by atoms with Gasteiger partial charge in [-0.2, -0.15) is 0 Å². The molecule has 0 bridgehead atoms. The van der Waals surface area contributed by atoms with Gasteiger partial charge in [0.05, 0.1) is 0 Å². The number of fused-ring (bicyclic) bond motifs is 1. The summed E-state index contributed by atoms with van der Waals surface area (Å²) in [5.74, 6) is 0. The highest BCUT2D eigenvalue weighted by Gasteiger charge is 2.14. The van der Waals surface area contributed by atoms with Gasteiger partial charge in [0.2, 0.25) is 0 Å². The quantitative estimate of drug-likeness (QED) is 0.779. The van der Waals surface area contributed by atoms with E-state index in [-0.39, 0.29) is 0 Å². The third-order valence-corrected chi connectivity index (χ3v) is 3.28. The van der Waals surface area contributed by atoms with Crippen molar-refractivity contribution in [3.63, 3.8) is 0 Å². The molecule has 0 aromatic heterocycles. The largest absolute Gasteiger partial charge is 0.318 e. The second kappa shape index (κ2) is 4.77. The molecule has 1 aliphatic carbocycles. The van der Waals surface area contributed by atoms with Crippen LogP contribution >= 0.6 is 0 Å². The van der Waals surface area contributed by atoms with Gasteiger partial charge in [0.1, 0.15) is 0 Å². The van der Waals surface area contributed by atoms with Gasteiger partial charge in [-0.1, -0.05) is 18.2 Å². The first kappa shape index (κ1) is 10.7. The van der Waals surface area contributed by atoms with Crippen LogP contribution in [0.1, 0.15) is 29.2 Å². The number of nitrogens with one attached hydrogen (secondary N) is 2. The molecule has 0 amide bonds. The maximum Gasteiger partial charge on any atom is 0.0444 e. The Bertz CT molecular complexity index is 333. The zero-order valence-corrected chi connectivity index (χ0v) is 9.64. The Morgan fingerprint density at radius 3 is 2.73 bits per heavy atom. The molecule has 1 atom stereocenters. The Kier molecular flexibility index (Phi) is 3.39. The highest BCUT2D eigenvalue weighted by atomic mass is 14.9. The SMILES string of the molecule is CNCC(NC)c1ccc2c(c1)CCC2. The molecule has 1 aliphatic rings. The highest BCUT2D eigenvalue weighted by Crippen LogP contribution is 2.25. The van der Waals surface area contributed by atoms with E-state index >= 15 is 0 Å². The van der Waals surface area contributed by atoms with Crippen molar-refractivity contribution < 1.29 is 0 Å². The average molecular weight is 204 g/mol. The Morgan fingerprint density at radius 2 is 2.00 bits per heavy atom. The fourth-order valence-electron chi connectivity index (χ4n) is 2.40.